The number of H-pyrrole nitrogens is 1. The zero-order valence-electron chi connectivity index (χ0n) is 14.6. The average molecular weight is 368 g/mol. The number of nitrogens with one attached hydrogen (secondary N) is 1. The summed E-state index contributed by atoms with van der Waals surface area (Å²) in [7, 11) is 0. The van der Waals surface area contributed by atoms with Crippen LogP contribution >= 0.6 is 0 Å². The summed E-state index contributed by atoms with van der Waals surface area (Å²) in [5, 5.41) is 16.0. The van der Waals surface area contributed by atoms with Crippen LogP contribution in [0, 0.1) is 11.6 Å². The summed E-state index contributed by atoms with van der Waals surface area (Å²) in [6.07, 6.45) is 3.61. The number of aromatic nitrogens is 1. The van der Waals surface area contributed by atoms with E-state index < -0.39 is 23.6 Å². The van der Waals surface area contributed by atoms with Crippen molar-refractivity contribution >= 4 is 22.8 Å². The Morgan fingerprint density at radius 2 is 1.69 bits per heavy atom. The molecule has 0 fully saturated rings. The van der Waals surface area contributed by atoms with Gasteiger partial charge < -0.3 is 20.1 Å². The summed E-state index contributed by atoms with van der Waals surface area (Å²) in [5.74, 6) is -4.05. The summed E-state index contributed by atoms with van der Waals surface area (Å²) >= 11 is 0. The number of carboxylic acid groups (broad SMARTS) is 2. The number of fused-ring (bicyclic) bond motifs is 1. The zero-order valence-corrected chi connectivity index (χ0v) is 14.6. The van der Waals surface area contributed by atoms with Gasteiger partial charge in [0.2, 0.25) is 0 Å². The molecule has 0 amide bonds. The van der Waals surface area contributed by atoms with Gasteiger partial charge >= 0.3 is 11.9 Å². The number of aliphatic carboxylic acids is 2. The molecule has 2 rings (SSSR count). The van der Waals surface area contributed by atoms with Crippen molar-refractivity contribution in [3.63, 3.8) is 0 Å². The van der Waals surface area contributed by atoms with E-state index in [9.17, 15) is 18.4 Å². The predicted molar refractivity (Wildman–Crippen MR) is 94.1 cm³/mol. The van der Waals surface area contributed by atoms with Crippen LogP contribution in [0.5, 0.6) is 0 Å². The highest BCUT2D eigenvalue weighted by molar-refractivity contribution is 5.89. The molecule has 0 saturated carbocycles. The number of rotatable bonds is 7. The van der Waals surface area contributed by atoms with Crippen molar-refractivity contribution in [2.75, 3.05) is 19.6 Å². The van der Waals surface area contributed by atoms with Gasteiger partial charge in [0.15, 0.2) is 11.6 Å². The Morgan fingerprint density at radius 1 is 1.12 bits per heavy atom. The van der Waals surface area contributed by atoms with Crippen LogP contribution in [0.4, 0.5) is 8.78 Å². The monoisotopic (exact) mass is 368 g/mol. The molecule has 1 heterocycles. The number of carbonyl (C=O) groups is 2. The quantitative estimate of drug-likeness (QED) is 0.653. The third-order valence-corrected chi connectivity index (χ3v) is 3.78. The molecule has 0 unspecified atom stereocenters. The Kier molecular flexibility index (Phi) is 8.44. The molecule has 2 aromatic rings. The minimum absolute atomic E-state index is 0.391. The fourth-order valence-corrected chi connectivity index (χ4v) is 2.38. The molecule has 6 nitrogen and oxygen atoms in total. The number of nitrogens with zero attached hydrogens (tertiary/aromatic N) is 1. The fourth-order valence-electron chi connectivity index (χ4n) is 2.38. The Hall–Kier alpha value is -2.74. The maximum Gasteiger partial charge on any atom is 0.328 e. The standard InChI is InChI=1S/C14H18F2N2.C4H4O4/c1-3-18(4-2)8-7-10-9-17-12-6-5-11(15)14(16)13(10)12;5-3(6)1-2-4(7)8/h5-6,9,17H,3-4,7-8H2,1-2H3;1-2H,(H,5,6)(H,7,8)/b;2-1+. The highest BCUT2D eigenvalue weighted by atomic mass is 19.2. The van der Waals surface area contributed by atoms with E-state index in [4.69, 9.17) is 10.2 Å². The van der Waals surface area contributed by atoms with E-state index >= 15 is 0 Å². The van der Waals surface area contributed by atoms with Crippen LogP contribution in [-0.4, -0.2) is 51.7 Å². The van der Waals surface area contributed by atoms with Crippen molar-refractivity contribution in [2.24, 2.45) is 0 Å². The number of hydrogen-bond donors (Lipinski definition) is 3. The number of benzene rings is 1. The molecular formula is C18H22F2N2O4. The largest absolute Gasteiger partial charge is 0.478 e. The van der Waals surface area contributed by atoms with Gasteiger partial charge in [-0.05, 0) is 37.2 Å². The lowest BCUT2D eigenvalue weighted by Gasteiger charge is -2.17. The molecular weight excluding hydrogens is 346 g/mol. The van der Waals surface area contributed by atoms with Gasteiger partial charge in [0.1, 0.15) is 0 Å². The second-order valence-electron chi connectivity index (χ2n) is 5.38. The SMILES string of the molecule is CCN(CC)CCc1c[nH]c2ccc(F)c(F)c12.O=C(O)/C=C/C(=O)O. The van der Waals surface area contributed by atoms with E-state index in [-0.39, 0.29) is 0 Å². The first-order chi connectivity index (χ1) is 12.3. The number of halogens is 2. The summed E-state index contributed by atoms with van der Waals surface area (Å²) in [6, 6.07) is 2.73. The van der Waals surface area contributed by atoms with Gasteiger partial charge in [0.05, 0.1) is 0 Å². The van der Waals surface area contributed by atoms with Gasteiger partial charge in [0, 0.05) is 35.8 Å². The number of aromatic amines is 1. The molecule has 0 spiro atoms. The van der Waals surface area contributed by atoms with Crippen LogP contribution in [0.1, 0.15) is 19.4 Å². The summed E-state index contributed by atoms with van der Waals surface area (Å²) in [5.41, 5.74) is 1.50. The Labute approximate surface area is 149 Å². The molecule has 0 radical (unpaired) electrons. The lowest BCUT2D eigenvalue weighted by atomic mass is 10.1. The molecule has 3 N–H and O–H groups in total. The number of likely N-dealkylation sites (N-methyl/N-ethyl adjacent to an activating group) is 1. The van der Waals surface area contributed by atoms with Crippen LogP contribution in [0.3, 0.4) is 0 Å². The van der Waals surface area contributed by atoms with Gasteiger partial charge in [-0.25, -0.2) is 18.4 Å². The number of carboxylic acids is 2. The lowest BCUT2D eigenvalue weighted by Crippen LogP contribution is -2.25. The average Bonchev–Trinajstić information content (AvgIpc) is 3.02. The molecule has 1 aromatic carbocycles. The van der Waals surface area contributed by atoms with Crippen LogP contribution in [-0.2, 0) is 16.0 Å². The van der Waals surface area contributed by atoms with Gasteiger partial charge in [-0.2, -0.15) is 0 Å². The lowest BCUT2D eigenvalue weighted by molar-refractivity contribution is -0.134. The predicted octanol–water partition coefficient (Wildman–Crippen LogP) is 3.04. The third kappa shape index (κ3) is 6.29. The maximum absolute atomic E-state index is 13.8. The zero-order chi connectivity index (χ0) is 19.7. The Bertz CT molecular complexity index is 767. The van der Waals surface area contributed by atoms with Crippen LogP contribution in [0.15, 0.2) is 30.5 Å². The summed E-state index contributed by atoms with van der Waals surface area (Å²) in [4.78, 5) is 24.4. The first kappa shape index (κ1) is 21.3. The summed E-state index contributed by atoms with van der Waals surface area (Å²) in [6.45, 7) is 6.99. The minimum atomic E-state index is -1.26. The number of hydrogen-bond acceptors (Lipinski definition) is 3. The maximum atomic E-state index is 13.8. The van der Waals surface area contributed by atoms with Crippen molar-refractivity contribution in [3.05, 3.63) is 47.7 Å². The molecule has 0 saturated heterocycles. The van der Waals surface area contributed by atoms with E-state index in [1.807, 2.05) is 0 Å². The second-order valence-corrected chi connectivity index (χ2v) is 5.38. The molecule has 0 aliphatic carbocycles. The minimum Gasteiger partial charge on any atom is -0.478 e. The molecule has 0 atom stereocenters. The van der Waals surface area contributed by atoms with Crippen molar-refractivity contribution in [1.29, 1.82) is 0 Å². The third-order valence-electron chi connectivity index (χ3n) is 3.78. The van der Waals surface area contributed by atoms with Crippen molar-refractivity contribution < 1.29 is 28.6 Å². The van der Waals surface area contributed by atoms with Crippen LogP contribution < -0.4 is 0 Å². The smallest absolute Gasteiger partial charge is 0.328 e. The van der Waals surface area contributed by atoms with E-state index in [1.54, 1.807) is 12.3 Å². The van der Waals surface area contributed by atoms with E-state index in [1.165, 1.54) is 0 Å². The molecule has 0 aliphatic rings. The van der Waals surface area contributed by atoms with E-state index in [0.29, 0.717) is 23.1 Å². The van der Waals surface area contributed by atoms with Gasteiger partial charge in [0.25, 0.3) is 0 Å². The van der Waals surface area contributed by atoms with Gasteiger partial charge in [-0.1, -0.05) is 13.8 Å². The highest BCUT2D eigenvalue weighted by Crippen LogP contribution is 2.24. The topological polar surface area (TPSA) is 93.6 Å². The van der Waals surface area contributed by atoms with Gasteiger partial charge in [-0.15, -0.1) is 0 Å². The van der Waals surface area contributed by atoms with Crippen molar-refractivity contribution in [3.8, 4) is 0 Å². The fraction of sp³-hybridized carbons (Fsp3) is 0.333. The molecule has 1 aromatic heterocycles. The molecule has 8 heteroatoms. The van der Waals surface area contributed by atoms with Crippen molar-refractivity contribution in [1.82, 2.24) is 9.88 Å². The Balaban J connectivity index is 0.000000359. The second kappa shape index (κ2) is 10.3. The molecule has 26 heavy (non-hydrogen) atoms. The van der Waals surface area contributed by atoms with E-state index in [0.717, 1.165) is 37.7 Å². The Morgan fingerprint density at radius 3 is 2.19 bits per heavy atom. The van der Waals surface area contributed by atoms with E-state index in [2.05, 4.69) is 23.7 Å². The summed E-state index contributed by atoms with van der Waals surface area (Å²) < 4.78 is 27.0. The van der Waals surface area contributed by atoms with Crippen molar-refractivity contribution in [2.45, 2.75) is 20.3 Å². The first-order valence-electron chi connectivity index (χ1n) is 8.10. The molecule has 0 bridgehead atoms. The normalized spacial score (nSPS) is 11.0. The highest BCUT2D eigenvalue weighted by Gasteiger charge is 2.13. The van der Waals surface area contributed by atoms with Gasteiger partial charge in [-0.3, -0.25) is 0 Å². The van der Waals surface area contributed by atoms with Crippen LogP contribution in [0.2, 0.25) is 0 Å². The molecule has 142 valence electrons. The first-order valence-corrected chi connectivity index (χ1v) is 8.10. The molecule has 0 aliphatic heterocycles. The van der Waals surface area contributed by atoms with Crippen LogP contribution in [0.25, 0.3) is 10.9 Å².